The van der Waals surface area contributed by atoms with Gasteiger partial charge in [-0.1, -0.05) is 63.6 Å². The maximum absolute atomic E-state index is 4.19. The summed E-state index contributed by atoms with van der Waals surface area (Å²) in [6, 6.07) is 11.1. The van der Waals surface area contributed by atoms with E-state index in [0.29, 0.717) is 11.5 Å². The van der Waals surface area contributed by atoms with Crippen LogP contribution in [0.4, 0.5) is 0 Å². The summed E-state index contributed by atoms with van der Waals surface area (Å²) in [6.07, 6.45) is 5.38. The molecule has 1 fully saturated rings. The van der Waals surface area contributed by atoms with Crippen molar-refractivity contribution in [3.05, 3.63) is 42.5 Å². The Balaban J connectivity index is 1.90. The zero-order valence-corrected chi connectivity index (χ0v) is 11.7. The summed E-state index contributed by atoms with van der Waals surface area (Å²) in [5, 5.41) is 3.71. The molecule has 0 radical (unpaired) electrons. The number of benzene rings is 1. The molecule has 1 saturated carbocycles. The molecule has 98 valence electrons. The van der Waals surface area contributed by atoms with Gasteiger partial charge in [0.05, 0.1) is 0 Å². The number of hydrogen-bond donors (Lipinski definition) is 1. The molecule has 0 spiro atoms. The molecule has 1 aromatic rings. The van der Waals surface area contributed by atoms with E-state index in [0.717, 1.165) is 6.54 Å². The van der Waals surface area contributed by atoms with Crippen LogP contribution < -0.4 is 5.32 Å². The molecule has 0 aliphatic heterocycles. The third-order valence-electron chi connectivity index (χ3n) is 4.25. The van der Waals surface area contributed by atoms with Crippen LogP contribution in [0.1, 0.15) is 45.1 Å². The minimum absolute atomic E-state index is 0.426. The summed E-state index contributed by atoms with van der Waals surface area (Å²) < 4.78 is 0. The van der Waals surface area contributed by atoms with Crippen LogP contribution in [0.2, 0.25) is 0 Å². The van der Waals surface area contributed by atoms with Crippen LogP contribution in [0.5, 0.6) is 0 Å². The van der Waals surface area contributed by atoms with Gasteiger partial charge in [-0.15, -0.1) is 0 Å². The van der Waals surface area contributed by atoms with Gasteiger partial charge in [0, 0.05) is 12.6 Å². The van der Waals surface area contributed by atoms with Gasteiger partial charge in [-0.2, -0.15) is 0 Å². The number of rotatable bonds is 4. The number of nitrogens with one attached hydrogen (secondary N) is 1. The van der Waals surface area contributed by atoms with Crippen molar-refractivity contribution < 1.29 is 0 Å². The summed E-state index contributed by atoms with van der Waals surface area (Å²) >= 11 is 0. The van der Waals surface area contributed by atoms with E-state index in [1.165, 1.54) is 36.8 Å². The van der Waals surface area contributed by atoms with Gasteiger partial charge in [0.25, 0.3) is 0 Å². The molecule has 18 heavy (non-hydrogen) atoms. The average Bonchev–Trinajstić information content (AvgIpc) is 2.38. The van der Waals surface area contributed by atoms with Crippen molar-refractivity contribution in [3.8, 4) is 0 Å². The lowest BCUT2D eigenvalue weighted by Gasteiger charge is -2.39. The van der Waals surface area contributed by atoms with Gasteiger partial charge in [-0.3, -0.25) is 0 Å². The van der Waals surface area contributed by atoms with Gasteiger partial charge in [0.2, 0.25) is 0 Å². The predicted octanol–water partition coefficient (Wildman–Crippen LogP) is 4.26. The Kier molecular flexibility index (Phi) is 4.23. The summed E-state index contributed by atoms with van der Waals surface area (Å²) in [5.41, 5.74) is 2.87. The van der Waals surface area contributed by atoms with E-state index >= 15 is 0 Å². The van der Waals surface area contributed by atoms with Crippen molar-refractivity contribution in [3.63, 3.8) is 0 Å². The fourth-order valence-electron chi connectivity index (χ4n) is 2.89. The highest BCUT2D eigenvalue weighted by atomic mass is 14.9. The minimum Gasteiger partial charge on any atom is -0.309 e. The van der Waals surface area contributed by atoms with E-state index in [-0.39, 0.29) is 0 Å². The highest BCUT2D eigenvalue weighted by molar-refractivity contribution is 5.64. The van der Waals surface area contributed by atoms with Gasteiger partial charge < -0.3 is 5.32 Å². The fourth-order valence-corrected chi connectivity index (χ4v) is 2.89. The van der Waals surface area contributed by atoms with Gasteiger partial charge in [0.1, 0.15) is 0 Å². The maximum atomic E-state index is 4.19. The lowest BCUT2D eigenvalue weighted by atomic mass is 9.73. The van der Waals surface area contributed by atoms with Gasteiger partial charge in [0.15, 0.2) is 0 Å². The van der Waals surface area contributed by atoms with Crippen LogP contribution in [-0.2, 0) is 0 Å². The predicted molar refractivity (Wildman–Crippen MR) is 79.5 cm³/mol. The van der Waals surface area contributed by atoms with Gasteiger partial charge in [-0.25, -0.2) is 0 Å². The largest absolute Gasteiger partial charge is 0.309 e. The van der Waals surface area contributed by atoms with Gasteiger partial charge >= 0.3 is 0 Å². The second kappa shape index (κ2) is 5.71. The average molecular weight is 243 g/mol. The molecule has 2 rings (SSSR count). The summed E-state index contributed by atoms with van der Waals surface area (Å²) in [6.45, 7) is 9.86. The molecule has 0 amide bonds. The Morgan fingerprint density at radius 2 is 2.00 bits per heavy atom. The molecular weight excluding hydrogens is 218 g/mol. The first-order valence-electron chi connectivity index (χ1n) is 7.06. The van der Waals surface area contributed by atoms with Crippen molar-refractivity contribution >= 4 is 5.57 Å². The highest BCUT2D eigenvalue weighted by Gasteiger charge is 2.31. The van der Waals surface area contributed by atoms with E-state index in [1.54, 1.807) is 0 Å². The Labute approximate surface area is 111 Å². The molecule has 0 aromatic heterocycles. The summed E-state index contributed by atoms with van der Waals surface area (Å²) in [7, 11) is 0. The number of hydrogen-bond acceptors (Lipinski definition) is 1. The molecule has 1 atom stereocenters. The normalized spacial score (nSPS) is 22.7. The quantitative estimate of drug-likeness (QED) is 0.833. The lowest BCUT2D eigenvalue weighted by Crippen LogP contribution is -2.44. The maximum Gasteiger partial charge on any atom is 0.0208 e. The molecule has 1 aliphatic rings. The van der Waals surface area contributed by atoms with Crippen molar-refractivity contribution in [2.24, 2.45) is 5.41 Å². The molecule has 1 N–H and O–H groups in total. The first-order valence-corrected chi connectivity index (χ1v) is 7.06. The van der Waals surface area contributed by atoms with Crippen LogP contribution in [0.15, 0.2) is 36.9 Å². The van der Waals surface area contributed by atoms with Crippen LogP contribution in [0, 0.1) is 5.41 Å². The highest BCUT2D eigenvalue weighted by Crippen LogP contribution is 2.35. The first kappa shape index (κ1) is 13.4. The standard InChI is InChI=1S/C17H25N/c1-14(15-9-5-4-6-10-15)13-18-16-11-7-8-12-17(16,2)3/h4-6,9-10,16,18H,1,7-8,11-13H2,2-3H3. The van der Waals surface area contributed by atoms with Crippen LogP contribution in [0.3, 0.4) is 0 Å². The molecule has 0 saturated heterocycles. The van der Waals surface area contributed by atoms with E-state index in [4.69, 9.17) is 0 Å². The SMILES string of the molecule is C=C(CNC1CCCCC1(C)C)c1ccccc1. The minimum atomic E-state index is 0.426. The van der Waals surface area contributed by atoms with E-state index < -0.39 is 0 Å². The van der Waals surface area contributed by atoms with E-state index in [1.807, 2.05) is 0 Å². The molecule has 1 aliphatic carbocycles. The molecule has 1 nitrogen and oxygen atoms in total. The summed E-state index contributed by atoms with van der Waals surface area (Å²) in [5.74, 6) is 0. The Morgan fingerprint density at radius 1 is 1.28 bits per heavy atom. The van der Waals surface area contributed by atoms with Crippen LogP contribution in [-0.4, -0.2) is 12.6 Å². The molecule has 1 unspecified atom stereocenters. The molecular formula is C17H25N. The summed E-state index contributed by atoms with van der Waals surface area (Å²) in [4.78, 5) is 0. The Hall–Kier alpha value is -1.08. The second-order valence-electron chi connectivity index (χ2n) is 6.14. The molecule has 0 bridgehead atoms. The zero-order valence-electron chi connectivity index (χ0n) is 11.7. The van der Waals surface area contributed by atoms with E-state index in [2.05, 4.69) is 56.1 Å². The monoisotopic (exact) mass is 243 g/mol. The third-order valence-corrected chi connectivity index (χ3v) is 4.25. The fraction of sp³-hybridized carbons (Fsp3) is 0.529. The first-order chi connectivity index (χ1) is 8.59. The van der Waals surface area contributed by atoms with E-state index in [9.17, 15) is 0 Å². The molecule has 1 heteroatoms. The van der Waals surface area contributed by atoms with Crippen LogP contribution >= 0.6 is 0 Å². The molecule has 1 aromatic carbocycles. The topological polar surface area (TPSA) is 12.0 Å². The van der Waals surface area contributed by atoms with Crippen molar-refractivity contribution in [1.82, 2.24) is 5.32 Å². The smallest absolute Gasteiger partial charge is 0.0208 e. The van der Waals surface area contributed by atoms with Crippen molar-refractivity contribution in [1.29, 1.82) is 0 Å². The second-order valence-corrected chi connectivity index (χ2v) is 6.14. The van der Waals surface area contributed by atoms with Crippen molar-refractivity contribution in [2.45, 2.75) is 45.6 Å². The Morgan fingerprint density at radius 3 is 2.67 bits per heavy atom. The zero-order chi connectivity index (χ0) is 13.0. The van der Waals surface area contributed by atoms with Crippen molar-refractivity contribution in [2.75, 3.05) is 6.54 Å². The Bertz CT molecular complexity index is 391. The molecule has 0 heterocycles. The van der Waals surface area contributed by atoms with Crippen LogP contribution in [0.25, 0.3) is 5.57 Å². The third kappa shape index (κ3) is 3.23. The lowest BCUT2D eigenvalue weighted by molar-refractivity contribution is 0.172. The van der Waals surface area contributed by atoms with Gasteiger partial charge in [-0.05, 0) is 29.4 Å².